The molecule has 0 unspecified atom stereocenters. The monoisotopic (exact) mass is 456 g/mol. The number of halogens is 1. The van der Waals surface area contributed by atoms with Gasteiger partial charge in [0.15, 0.2) is 11.6 Å². The highest BCUT2D eigenvalue weighted by Crippen LogP contribution is 2.37. The van der Waals surface area contributed by atoms with Crippen molar-refractivity contribution in [2.45, 2.75) is 12.8 Å². The molecule has 2 aromatic carbocycles. The van der Waals surface area contributed by atoms with Crippen LogP contribution in [0.25, 0.3) is 6.08 Å². The van der Waals surface area contributed by atoms with E-state index in [4.69, 9.17) is 9.47 Å². The van der Waals surface area contributed by atoms with Crippen molar-refractivity contribution in [3.05, 3.63) is 58.8 Å². The minimum atomic E-state index is -0.632. The molecule has 2 aromatic rings. The van der Waals surface area contributed by atoms with Crippen LogP contribution in [0.3, 0.4) is 0 Å². The lowest BCUT2D eigenvalue weighted by Crippen LogP contribution is -2.40. The van der Waals surface area contributed by atoms with E-state index in [-0.39, 0.29) is 28.9 Å². The number of likely N-dealkylation sites (tertiary alicyclic amines) is 1. The predicted octanol–water partition coefficient (Wildman–Crippen LogP) is 4.29. The van der Waals surface area contributed by atoms with Gasteiger partial charge in [-0.15, -0.1) is 0 Å². The zero-order valence-corrected chi connectivity index (χ0v) is 18.2. The molecule has 3 amide bonds. The fourth-order valence-corrected chi connectivity index (χ4v) is 4.34. The normalized spacial score (nSPS) is 17.4. The first kappa shape index (κ1) is 21.9. The van der Waals surface area contributed by atoms with Crippen molar-refractivity contribution in [3.63, 3.8) is 0 Å². The minimum Gasteiger partial charge on any atom is -0.496 e. The second kappa shape index (κ2) is 9.44. The van der Waals surface area contributed by atoms with Gasteiger partial charge in [-0.2, -0.15) is 0 Å². The predicted molar refractivity (Wildman–Crippen MR) is 118 cm³/mol. The second-order valence-electron chi connectivity index (χ2n) is 7.30. The Bertz CT molecular complexity index is 1080. The molecule has 0 aromatic heterocycles. The van der Waals surface area contributed by atoms with Crippen molar-refractivity contribution in [1.82, 2.24) is 9.80 Å². The molecule has 2 heterocycles. The largest absolute Gasteiger partial charge is 0.496 e. The molecule has 32 heavy (non-hydrogen) atoms. The molecule has 0 saturated carbocycles. The third-order valence-electron chi connectivity index (χ3n) is 5.17. The lowest BCUT2D eigenvalue weighted by Gasteiger charge is -2.18. The van der Waals surface area contributed by atoms with Crippen molar-refractivity contribution >= 4 is 34.9 Å². The van der Waals surface area contributed by atoms with Crippen LogP contribution in [0.5, 0.6) is 17.2 Å². The number of benzene rings is 2. The molecule has 2 saturated heterocycles. The average molecular weight is 456 g/mol. The third kappa shape index (κ3) is 4.62. The number of thioether (sulfide) groups is 1. The van der Waals surface area contributed by atoms with Gasteiger partial charge in [-0.3, -0.25) is 19.3 Å². The number of para-hydroxylation sites is 1. The van der Waals surface area contributed by atoms with Gasteiger partial charge in [-0.05, 0) is 48.9 Å². The smallest absolute Gasteiger partial charge is 0.294 e. The van der Waals surface area contributed by atoms with Crippen LogP contribution in [0.4, 0.5) is 9.18 Å². The standard InChI is InChI=1S/C23H21FN2O5S/c1-30-18-13-17(24)19(31-16-7-3-2-4-8-16)11-15(18)12-20-22(28)26(23(29)32-20)14-21(27)25-9-5-6-10-25/h2-4,7-8,11-13H,5-6,9-10,14H2,1H3/b20-12+. The highest BCUT2D eigenvalue weighted by atomic mass is 32.2. The number of amides is 3. The van der Waals surface area contributed by atoms with Gasteiger partial charge in [0.1, 0.15) is 18.0 Å². The first-order chi connectivity index (χ1) is 15.5. The molecule has 2 aliphatic heterocycles. The summed E-state index contributed by atoms with van der Waals surface area (Å²) >= 11 is 0.732. The highest BCUT2D eigenvalue weighted by molar-refractivity contribution is 8.18. The first-order valence-electron chi connectivity index (χ1n) is 10.1. The van der Waals surface area contributed by atoms with E-state index in [1.54, 1.807) is 29.2 Å². The van der Waals surface area contributed by atoms with Crippen LogP contribution in [-0.2, 0) is 9.59 Å². The molecule has 7 nitrogen and oxygen atoms in total. The maximum atomic E-state index is 14.5. The lowest BCUT2D eigenvalue weighted by molar-refractivity contribution is -0.135. The third-order valence-corrected chi connectivity index (χ3v) is 6.07. The zero-order chi connectivity index (χ0) is 22.7. The summed E-state index contributed by atoms with van der Waals surface area (Å²) in [4.78, 5) is 40.3. The Morgan fingerprint density at radius 3 is 2.53 bits per heavy atom. The van der Waals surface area contributed by atoms with Crippen LogP contribution in [0.15, 0.2) is 47.4 Å². The maximum absolute atomic E-state index is 14.5. The summed E-state index contributed by atoms with van der Waals surface area (Å²) in [7, 11) is 1.38. The first-order valence-corrected chi connectivity index (χ1v) is 10.9. The summed E-state index contributed by atoms with van der Waals surface area (Å²) in [5.74, 6) is -0.863. The number of ether oxygens (including phenoxy) is 2. The van der Waals surface area contributed by atoms with Crippen LogP contribution in [0, 0.1) is 5.82 Å². The number of hydrogen-bond donors (Lipinski definition) is 0. The van der Waals surface area contributed by atoms with Crippen molar-refractivity contribution < 1.29 is 28.2 Å². The van der Waals surface area contributed by atoms with Gasteiger partial charge in [0, 0.05) is 24.7 Å². The summed E-state index contributed by atoms with van der Waals surface area (Å²) in [6, 6.07) is 11.3. The molecule has 0 radical (unpaired) electrons. The summed E-state index contributed by atoms with van der Waals surface area (Å²) in [5.41, 5.74) is 0.371. The van der Waals surface area contributed by atoms with Gasteiger partial charge in [0.25, 0.3) is 11.1 Å². The molecule has 0 N–H and O–H groups in total. The molecule has 2 fully saturated rings. The van der Waals surface area contributed by atoms with Crippen molar-refractivity contribution in [3.8, 4) is 17.2 Å². The van der Waals surface area contributed by atoms with Gasteiger partial charge >= 0.3 is 0 Å². The summed E-state index contributed by atoms with van der Waals surface area (Å²) in [6.45, 7) is 0.995. The van der Waals surface area contributed by atoms with Crippen LogP contribution in [-0.4, -0.2) is 53.6 Å². The fourth-order valence-electron chi connectivity index (χ4n) is 3.51. The van der Waals surface area contributed by atoms with Crippen LogP contribution >= 0.6 is 11.8 Å². The number of carbonyl (C=O) groups is 3. The highest BCUT2D eigenvalue weighted by Gasteiger charge is 2.37. The Hall–Kier alpha value is -3.33. The van der Waals surface area contributed by atoms with E-state index in [1.165, 1.54) is 19.3 Å². The molecular formula is C23H21FN2O5S. The molecule has 0 spiro atoms. The zero-order valence-electron chi connectivity index (χ0n) is 17.4. The summed E-state index contributed by atoms with van der Waals surface area (Å²) in [6.07, 6.45) is 3.29. The molecule has 0 bridgehead atoms. The molecule has 2 aliphatic rings. The number of imide groups is 1. The van der Waals surface area contributed by atoms with Crippen LogP contribution in [0.1, 0.15) is 18.4 Å². The molecule has 9 heteroatoms. The minimum absolute atomic E-state index is 0.0494. The van der Waals surface area contributed by atoms with Gasteiger partial charge in [0.05, 0.1) is 12.0 Å². The van der Waals surface area contributed by atoms with E-state index in [0.717, 1.165) is 35.6 Å². The quantitative estimate of drug-likeness (QED) is 0.604. The van der Waals surface area contributed by atoms with Crippen molar-refractivity contribution in [2.24, 2.45) is 0 Å². The SMILES string of the molecule is COc1cc(F)c(Oc2ccccc2)cc1/C=C1/SC(=O)N(CC(=O)N2CCCC2)C1=O. The van der Waals surface area contributed by atoms with E-state index < -0.39 is 17.0 Å². The number of methoxy groups -OCH3 is 1. The van der Waals surface area contributed by atoms with Gasteiger partial charge in [-0.1, -0.05) is 18.2 Å². The Labute approximate surface area is 188 Å². The van der Waals surface area contributed by atoms with E-state index >= 15 is 0 Å². The van der Waals surface area contributed by atoms with E-state index in [2.05, 4.69) is 0 Å². The number of carbonyl (C=O) groups excluding carboxylic acids is 3. The van der Waals surface area contributed by atoms with E-state index in [9.17, 15) is 18.8 Å². The lowest BCUT2D eigenvalue weighted by atomic mass is 10.1. The molecule has 4 rings (SSSR count). The van der Waals surface area contributed by atoms with Crippen LogP contribution in [0.2, 0.25) is 0 Å². The molecule has 0 atom stereocenters. The van der Waals surface area contributed by atoms with Crippen molar-refractivity contribution in [2.75, 3.05) is 26.7 Å². The van der Waals surface area contributed by atoms with Gasteiger partial charge in [0.2, 0.25) is 5.91 Å². The Balaban J connectivity index is 1.58. The molecule has 166 valence electrons. The van der Waals surface area contributed by atoms with Gasteiger partial charge in [-0.25, -0.2) is 4.39 Å². The molecular weight excluding hydrogens is 435 g/mol. The number of rotatable bonds is 6. The summed E-state index contributed by atoms with van der Waals surface area (Å²) in [5, 5.41) is -0.518. The maximum Gasteiger partial charge on any atom is 0.294 e. The van der Waals surface area contributed by atoms with Crippen molar-refractivity contribution in [1.29, 1.82) is 0 Å². The Morgan fingerprint density at radius 1 is 1.12 bits per heavy atom. The molecule has 0 aliphatic carbocycles. The fraction of sp³-hybridized carbons (Fsp3) is 0.261. The average Bonchev–Trinajstić information content (AvgIpc) is 3.41. The van der Waals surface area contributed by atoms with E-state index in [1.807, 2.05) is 6.07 Å². The van der Waals surface area contributed by atoms with E-state index in [0.29, 0.717) is 24.4 Å². The van der Waals surface area contributed by atoms with Gasteiger partial charge < -0.3 is 14.4 Å². The Kier molecular flexibility index (Phi) is 6.45. The summed E-state index contributed by atoms with van der Waals surface area (Å²) < 4.78 is 25.4. The Morgan fingerprint density at radius 2 is 1.84 bits per heavy atom. The van der Waals surface area contributed by atoms with Crippen LogP contribution < -0.4 is 9.47 Å². The topological polar surface area (TPSA) is 76.2 Å². The second-order valence-corrected chi connectivity index (χ2v) is 8.29. The number of nitrogens with zero attached hydrogens (tertiary/aromatic N) is 2. The number of hydrogen-bond acceptors (Lipinski definition) is 6.